The molecule has 2 heterocycles. The highest BCUT2D eigenvalue weighted by molar-refractivity contribution is 5.37. The molecule has 98 valence electrons. The van der Waals surface area contributed by atoms with Crippen LogP contribution in [0.4, 0.5) is 0 Å². The molecular weight excluding hydrogens is 226 g/mol. The van der Waals surface area contributed by atoms with E-state index in [2.05, 4.69) is 23.5 Å². The maximum absolute atomic E-state index is 5.68. The molecular formula is C15H21NO2. The first-order valence-corrected chi connectivity index (χ1v) is 6.96. The first-order chi connectivity index (χ1) is 8.93. The van der Waals surface area contributed by atoms with Crippen molar-refractivity contribution in [2.75, 3.05) is 26.4 Å². The van der Waals surface area contributed by atoms with Crippen LogP contribution in [0.1, 0.15) is 30.9 Å². The monoisotopic (exact) mass is 247 g/mol. The quantitative estimate of drug-likeness (QED) is 0.890. The molecule has 3 rings (SSSR count). The highest BCUT2D eigenvalue weighted by Crippen LogP contribution is 2.31. The van der Waals surface area contributed by atoms with Gasteiger partial charge in [0.1, 0.15) is 5.75 Å². The third kappa shape index (κ3) is 2.68. The van der Waals surface area contributed by atoms with Crippen LogP contribution < -0.4 is 10.1 Å². The Balaban J connectivity index is 1.60. The molecule has 0 aromatic heterocycles. The van der Waals surface area contributed by atoms with Crippen molar-refractivity contribution in [3.05, 3.63) is 29.8 Å². The first-order valence-electron chi connectivity index (χ1n) is 6.96. The van der Waals surface area contributed by atoms with Gasteiger partial charge in [-0.2, -0.15) is 0 Å². The van der Waals surface area contributed by atoms with E-state index in [4.69, 9.17) is 9.47 Å². The second-order valence-electron chi connectivity index (χ2n) is 5.22. The second kappa shape index (κ2) is 5.72. The molecule has 2 aliphatic heterocycles. The summed E-state index contributed by atoms with van der Waals surface area (Å²) in [4.78, 5) is 0. The maximum Gasteiger partial charge on any atom is 0.124 e. The molecule has 1 saturated heterocycles. The minimum absolute atomic E-state index is 0.442. The molecule has 0 spiro atoms. The summed E-state index contributed by atoms with van der Waals surface area (Å²) in [6.45, 7) is 3.73. The fraction of sp³-hybridized carbons (Fsp3) is 0.600. The number of hydrogen-bond donors (Lipinski definition) is 1. The van der Waals surface area contributed by atoms with Crippen molar-refractivity contribution in [2.24, 2.45) is 5.92 Å². The highest BCUT2D eigenvalue weighted by atomic mass is 16.5. The molecule has 1 aromatic carbocycles. The molecule has 2 atom stereocenters. The molecule has 1 fully saturated rings. The summed E-state index contributed by atoms with van der Waals surface area (Å²) in [6, 6.07) is 8.80. The number of nitrogens with one attached hydrogen (secondary N) is 1. The molecule has 0 saturated carbocycles. The van der Waals surface area contributed by atoms with E-state index in [0.717, 1.165) is 38.5 Å². The van der Waals surface area contributed by atoms with E-state index in [1.54, 1.807) is 0 Å². The van der Waals surface area contributed by atoms with Gasteiger partial charge in [0.25, 0.3) is 0 Å². The van der Waals surface area contributed by atoms with Gasteiger partial charge in [-0.3, -0.25) is 0 Å². The Hall–Kier alpha value is -1.06. The summed E-state index contributed by atoms with van der Waals surface area (Å²) in [5.41, 5.74) is 1.31. The lowest BCUT2D eigenvalue weighted by atomic mass is 9.98. The summed E-state index contributed by atoms with van der Waals surface area (Å²) in [6.07, 6.45) is 3.55. The molecule has 3 heteroatoms. The van der Waals surface area contributed by atoms with E-state index in [9.17, 15) is 0 Å². The average Bonchev–Trinajstić information content (AvgIpc) is 2.46. The Morgan fingerprint density at radius 2 is 2.11 bits per heavy atom. The number of ether oxygens (including phenoxy) is 2. The van der Waals surface area contributed by atoms with E-state index in [1.165, 1.54) is 18.4 Å². The summed E-state index contributed by atoms with van der Waals surface area (Å²) in [5, 5.41) is 3.69. The fourth-order valence-corrected chi connectivity index (χ4v) is 2.83. The second-order valence-corrected chi connectivity index (χ2v) is 5.22. The SMILES string of the molecule is c1ccc2c(c1)OCCC2NCC1CCCOC1. The van der Waals surface area contributed by atoms with Gasteiger partial charge in [-0.25, -0.2) is 0 Å². The Bertz CT molecular complexity index is 388. The number of benzene rings is 1. The van der Waals surface area contributed by atoms with Crippen LogP contribution in [0, 0.1) is 5.92 Å². The van der Waals surface area contributed by atoms with Crippen LogP contribution in [0.2, 0.25) is 0 Å². The average molecular weight is 247 g/mol. The van der Waals surface area contributed by atoms with Gasteiger partial charge in [-0.1, -0.05) is 18.2 Å². The van der Waals surface area contributed by atoms with E-state index in [-0.39, 0.29) is 0 Å². The van der Waals surface area contributed by atoms with Gasteiger partial charge < -0.3 is 14.8 Å². The Kier molecular flexibility index (Phi) is 3.81. The third-order valence-electron chi connectivity index (χ3n) is 3.87. The van der Waals surface area contributed by atoms with Gasteiger partial charge in [-0.05, 0) is 24.8 Å². The van der Waals surface area contributed by atoms with Crippen molar-refractivity contribution >= 4 is 0 Å². The Labute approximate surface area is 108 Å². The van der Waals surface area contributed by atoms with Gasteiger partial charge in [0, 0.05) is 31.2 Å². The number of rotatable bonds is 3. The van der Waals surface area contributed by atoms with Crippen LogP contribution in [0.3, 0.4) is 0 Å². The number of hydrogen-bond acceptors (Lipinski definition) is 3. The minimum atomic E-state index is 0.442. The summed E-state index contributed by atoms with van der Waals surface area (Å²) in [7, 11) is 0. The van der Waals surface area contributed by atoms with Crippen LogP contribution in [-0.4, -0.2) is 26.4 Å². The van der Waals surface area contributed by atoms with Crippen LogP contribution >= 0.6 is 0 Å². The Morgan fingerprint density at radius 1 is 1.17 bits per heavy atom. The Morgan fingerprint density at radius 3 is 3.00 bits per heavy atom. The molecule has 18 heavy (non-hydrogen) atoms. The molecule has 3 nitrogen and oxygen atoms in total. The fourth-order valence-electron chi connectivity index (χ4n) is 2.83. The maximum atomic E-state index is 5.68. The molecule has 0 amide bonds. The van der Waals surface area contributed by atoms with E-state index < -0.39 is 0 Å². The van der Waals surface area contributed by atoms with Crippen LogP contribution in [0.5, 0.6) is 5.75 Å². The predicted octanol–water partition coefficient (Wildman–Crippen LogP) is 2.53. The summed E-state index contributed by atoms with van der Waals surface area (Å²) in [5.74, 6) is 1.72. The smallest absolute Gasteiger partial charge is 0.124 e. The minimum Gasteiger partial charge on any atom is -0.493 e. The number of fused-ring (bicyclic) bond motifs is 1. The highest BCUT2D eigenvalue weighted by Gasteiger charge is 2.22. The van der Waals surface area contributed by atoms with Crippen LogP contribution in [-0.2, 0) is 4.74 Å². The first kappa shape index (κ1) is 12.0. The van der Waals surface area contributed by atoms with Gasteiger partial charge in [0.2, 0.25) is 0 Å². The largest absolute Gasteiger partial charge is 0.493 e. The van der Waals surface area contributed by atoms with Crippen molar-refractivity contribution in [3.63, 3.8) is 0 Å². The lowest BCUT2D eigenvalue weighted by molar-refractivity contribution is 0.0531. The molecule has 0 bridgehead atoms. The normalized spacial score (nSPS) is 27.3. The lowest BCUT2D eigenvalue weighted by Crippen LogP contribution is -2.34. The predicted molar refractivity (Wildman–Crippen MR) is 70.8 cm³/mol. The van der Waals surface area contributed by atoms with Crippen molar-refractivity contribution in [3.8, 4) is 5.75 Å². The molecule has 1 aromatic rings. The summed E-state index contributed by atoms with van der Waals surface area (Å²) >= 11 is 0. The van der Waals surface area contributed by atoms with Crippen molar-refractivity contribution in [1.82, 2.24) is 5.32 Å². The zero-order chi connectivity index (χ0) is 12.2. The third-order valence-corrected chi connectivity index (χ3v) is 3.87. The zero-order valence-corrected chi connectivity index (χ0v) is 10.7. The van der Waals surface area contributed by atoms with E-state index in [1.807, 2.05) is 6.07 Å². The standard InChI is InChI=1S/C15H21NO2/c1-2-6-15-13(5-1)14(7-9-18-15)16-10-12-4-3-8-17-11-12/h1-2,5-6,12,14,16H,3-4,7-11H2. The molecule has 0 aliphatic carbocycles. The lowest BCUT2D eigenvalue weighted by Gasteiger charge is -2.29. The topological polar surface area (TPSA) is 30.5 Å². The van der Waals surface area contributed by atoms with Crippen LogP contribution in [0.25, 0.3) is 0 Å². The van der Waals surface area contributed by atoms with E-state index >= 15 is 0 Å². The van der Waals surface area contributed by atoms with Gasteiger partial charge in [0.05, 0.1) is 13.2 Å². The van der Waals surface area contributed by atoms with E-state index in [0.29, 0.717) is 12.0 Å². The molecule has 0 radical (unpaired) electrons. The number of para-hydroxylation sites is 1. The van der Waals surface area contributed by atoms with Crippen molar-refractivity contribution < 1.29 is 9.47 Å². The van der Waals surface area contributed by atoms with Crippen molar-refractivity contribution in [2.45, 2.75) is 25.3 Å². The molecule has 2 aliphatic rings. The van der Waals surface area contributed by atoms with Gasteiger partial charge in [-0.15, -0.1) is 0 Å². The summed E-state index contributed by atoms with van der Waals surface area (Å²) < 4.78 is 11.2. The molecule has 1 N–H and O–H groups in total. The van der Waals surface area contributed by atoms with Gasteiger partial charge >= 0.3 is 0 Å². The van der Waals surface area contributed by atoms with Gasteiger partial charge in [0.15, 0.2) is 0 Å². The van der Waals surface area contributed by atoms with Crippen molar-refractivity contribution in [1.29, 1.82) is 0 Å². The zero-order valence-electron chi connectivity index (χ0n) is 10.7. The van der Waals surface area contributed by atoms with Crippen LogP contribution in [0.15, 0.2) is 24.3 Å². The molecule has 2 unspecified atom stereocenters.